The van der Waals surface area contributed by atoms with E-state index in [1.165, 1.54) is 0 Å². The molecule has 29 heavy (non-hydrogen) atoms. The Morgan fingerprint density at radius 1 is 1.28 bits per heavy atom. The number of pyridine rings is 1. The number of piperidine rings is 1. The number of anilines is 1. The molecule has 1 aromatic heterocycles. The molecule has 5 heteroatoms. The molecular formula is C24H30N4O. The van der Waals surface area contributed by atoms with Crippen molar-refractivity contribution in [1.29, 1.82) is 0 Å². The number of nitrogens with zero attached hydrogens (tertiary/aromatic N) is 3. The number of hydrogen-bond acceptors (Lipinski definition) is 5. The van der Waals surface area contributed by atoms with Crippen LogP contribution in [0.2, 0.25) is 0 Å². The molecule has 0 bridgehead atoms. The van der Waals surface area contributed by atoms with Crippen LogP contribution in [-0.4, -0.2) is 61.4 Å². The van der Waals surface area contributed by atoms with Gasteiger partial charge in [-0.1, -0.05) is 12.5 Å². The van der Waals surface area contributed by atoms with Crippen molar-refractivity contribution >= 4 is 16.6 Å². The quantitative estimate of drug-likeness (QED) is 0.813. The van der Waals surface area contributed by atoms with E-state index in [4.69, 9.17) is 11.2 Å². The van der Waals surface area contributed by atoms with Gasteiger partial charge in [0.05, 0.1) is 17.2 Å². The molecule has 1 N–H and O–H groups in total. The van der Waals surface area contributed by atoms with Crippen molar-refractivity contribution in [3.05, 3.63) is 48.3 Å². The van der Waals surface area contributed by atoms with Gasteiger partial charge in [0.1, 0.15) is 6.10 Å². The molecule has 5 nitrogen and oxygen atoms in total. The van der Waals surface area contributed by atoms with Crippen molar-refractivity contribution in [2.75, 3.05) is 38.1 Å². The maximum atomic E-state index is 6.26. The molecule has 2 atom stereocenters. The van der Waals surface area contributed by atoms with Crippen molar-refractivity contribution in [1.82, 2.24) is 15.2 Å². The molecule has 0 aliphatic carbocycles. The maximum Gasteiger partial charge on any atom is 0.114 e. The lowest BCUT2D eigenvalue weighted by atomic mass is 10.0. The third-order valence-corrected chi connectivity index (χ3v) is 6.00. The summed E-state index contributed by atoms with van der Waals surface area (Å²) in [7, 11) is 2.18. The molecule has 2 aliphatic heterocycles. The average molecular weight is 391 g/mol. The van der Waals surface area contributed by atoms with Crippen LogP contribution in [-0.2, 0) is 4.74 Å². The van der Waals surface area contributed by atoms with E-state index in [-0.39, 0.29) is 12.2 Å². The smallest absolute Gasteiger partial charge is 0.114 e. The summed E-state index contributed by atoms with van der Waals surface area (Å²) in [4.78, 5) is 9.29. The zero-order valence-corrected chi connectivity index (χ0v) is 17.4. The zero-order valence-electron chi connectivity index (χ0n) is 17.4. The second-order valence-corrected chi connectivity index (χ2v) is 8.26. The molecule has 2 aromatic rings. The summed E-state index contributed by atoms with van der Waals surface area (Å²) in [6, 6.07) is 8.65. The molecule has 2 fully saturated rings. The number of morpholine rings is 1. The molecule has 0 radical (unpaired) electrons. The fourth-order valence-electron chi connectivity index (χ4n) is 4.40. The van der Waals surface area contributed by atoms with Crippen LogP contribution in [0.15, 0.2) is 42.7 Å². The lowest BCUT2D eigenvalue weighted by Crippen LogP contribution is -2.51. The summed E-state index contributed by atoms with van der Waals surface area (Å²) in [5, 5.41) is 4.73. The van der Waals surface area contributed by atoms with Crippen LogP contribution in [0.3, 0.4) is 0 Å². The predicted octanol–water partition coefficient (Wildman–Crippen LogP) is 3.01. The SMILES string of the molecule is C#Cc1ccc(N2CC(C)OC(C(=C)NC3CCN(C)CC3)C2)c2cccnc12. The Morgan fingerprint density at radius 3 is 2.83 bits per heavy atom. The summed E-state index contributed by atoms with van der Waals surface area (Å²) < 4.78 is 6.26. The molecule has 2 aliphatic rings. The van der Waals surface area contributed by atoms with Crippen LogP contribution in [0.4, 0.5) is 5.69 Å². The Balaban J connectivity index is 1.53. The van der Waals surface area contributed by atoms with Crippen LogP contribution in [0.5, 0.6) is 0 Å². The number of rotatable bonds is 4. The van der Waals surface area contributed by atoms with Gasteiger partial charge >= 0.3 is 0 Å². The van der Waals surface area contributed by atoms with Crippen molar-refractivity contribution in [3.63, 3.8) is 0 Å². The van der Waals surface area contributed by atoms with E-state index in [0.717, 1.165) is 66.9 Å². The second-order valence-electron chi connectivity index (χ2n) is 8.26. The van der Waals surface area contributed by atoms with Gasteiger partial charge in [0.2, 0.25) is 0 Å². The minimum absolute atomic E-state index is 0.0440. The molecule has 0 amide bonds. The average Bonchev–Trinajstić information content (AvgIpc) is 2.74. The highest BCUT2D eigenvalue weighted by Crippen LogP contribution is 2.31. The summed E-state index contributed by atoms with van der Waals surface area (Å²) in [6.07, 6.45) is 9.83. The number of ether oxygens (including phenoxy) is 1. The Bertz CT molecular complexity index is 926. The van der Waals surface area contributed by atoms with Gasteiger partial charge < -0.3 is 19.9 Å². The summed E-state index contributed by atoms with van der Waals surface area (Å²) >= 11 is 0. The monoisotopic (exact) mass is 390 g/mol. The van der Waals surface area contributed by atoms with Crippen molar-refractivity contribution in [2.45, 2.75) is 38.0 Å². The Kier molecular flexibility index (Phi) is 5.75. The zero-order chi connectivity index (χ0) is 20.4. The standard InChI is InChI=1S/C24H30N4O/c1-5-19-8-9-22(21-7-6-12-25-24(19)21)28-15-17(2)29-23(16-28)18(3)26-20-10-13-27(4)14-11-20/h1,6-9,12,17,20,23,26H,3,10-11,13-16H2,2,4H3. The van der Waals surface area contributed by atoms with Gasteiger partial charge in [0, 0.05) is 42.1 Å². The summed E-state index contributed by atoms with van der Waals surface area (Å²) in [5.41, 5.74) is 3.85. The van der Waals surface area contributed by atoms with Crippen molar-refractivity contribution in [3.8, 4) is 12.3 Å². The molecule has 0 spiro atoms. The first-order valence-electron chi connectivity index (χ1n) is 10.4. The van der Waals surface area contributed by atoms with Crippen LogP contribution >= 0.6 is 0 Å². The van der Waals surface area contributed by atoms with Crippen molar-refractivity contribution in [2.24, 2.45) is 0 Å². The lowest BCUT2D eigenvalue weighted by molar-refractivity contribution is -0.000101. The summed E-state index contributed by atoms with van der Waals surface area (Å²) in [5.74, 6) is 2.75. The van der Waals surface area contributed by atoms with Gasteiger partial charge in [-0.3, -0.25) is 4.98 Å². The van der Waals surface area contributed by atoms with Gasteiger partial charge in [0.25, 0.3) is 0 Å². The molecule has 152 valence electrons. The number of nitrogens with one attached hydrogen (secondary N) is 1. The van der Waals surface area contributed by atoms with Gasteiger partial charge in [-0.2, -0.15) is 0 Å². The molecule has 0 saturated carbocycles. The van der Waals surface area contributed by atoms with Crippen LogP contribution < -0.4 is 10.2 Å². The largest absolute Gasteiger partial charge is 0.384 e. The maximum absolute atomic E-state index is 6.26. The third kappa shape index (κ3) is 4.24. The Morgan fingerprint density at radius 2 is 2.07 bits per heavy atom. The van der Waals surface area contributed by atoms with Gasteiger partial charge in [-0.05, 0) is 64.2 Å². The number of hydrogen-bond donors (Lipinski definition) is 1. The molecule has 1 aromatic carbocycles. The number of aromatic nitrogens is 1. The summed E-state index contributed by atoms with van der Waals surface area (Å²) in [6.45, 7) is 10.3. The highest BCUT2D eigenvalue weighted by atomic mass is 16.5. The predicted molar refractivity (Wildman–Crippen MR) is 119 cm³/mol. The highest BCUT2D eigenvalue weighted by molar-refractivity contribution is 5.95. The molecule has 2 saturated heterocycles. The normalized spacial score (nSPS) is 23.7. The molecule has 4 rings (SSSR count). The first kappa shape index (κ1) is 19.8. The fraction of sp³-hybridized carbons (Fsp3) is 0.458. The molecule has 2 unspecified atom stereocenters. The number of terminal acetylenes is 1. The van der Waals surface area contributed by atoms with Gasteiger partial charge in [-0.25, -0.2) is 0 Å². The van der Waals surface area contributed by atoms with E-state index < -0.39 is 0 Å². The highest BCUT2D eigenvalue weighted by Gasteiger charge is 2.29. The lowest BCUT2D eigenvalue weighted by Gasteiger charge is -2.40. The van der Waals surface area contributed by atoms with Crippen LogP contribution in [0.25, 0.3) is 10.9 Å². The van der Waals surface area contributed by atoms with Crippen LogP contribution in [0.1, 0.15) is 25.3 Å². The number of fused-ring (bicyclic) bond motifs is 1. The van der Waals surface area contributed by atoms with Crippen LogP contribution in [0, 0.1) is 12.3 Å². The third-order valence-electron chi connectivity index (χ3n) is 6.00. The Hall–Kier alpha value is -2.55. The van der Waals surface area contributed by atoms with E-state index in [1.807, 2.05) is 12.1 Å². The minimum Gasteiger partial charge on any atom is -0.384 e. The van der Waals surface area contributed by atoms with Gasteiger partial charge in [0.15, 0.2) is 0 Å². The number of likely N-dealkylation sites (tertiary alicyclic amines) is 1. The fourth-order valence-corrected chi connectivity index (χ4v) is 4.40. The van der Waals surface area contributed by atoms with Crippen molar-refractivity contribution < 1.29 is 4.74 Å². The number of benzene rings is 1. The minimum atomic E-state index is -0.0440. The first-order chi connectivity index (χ1) is 14.0. The van der Waals surface area contributed by atoms with E-state index in [2.05, 4.69) is 58.7 Å². The topological polar surface area (TPSA) is 40.6 Å². The van der Waals surface area contributed by atoms with E-state index in [0.29, 0.717) is 6.04 Å². The Labute approximate surface area is 173 Å². The molecule has 3 heterocycles. The second kappa shape index (κ2) is 8.44. The van der Waals surface area contributed by atoms with Gasteiger partial charge in [-0.15, -0.1) is 6.42 Å². The van der Waals surface area contributed by atoms with E-state index >= 15 is 0 Å². The molecular weight excluding hydrogens is 360 g/mol. The van der Waals surface area contributed by atoms with E-state index in [1.54, 1.807) is 6.20 Å². The van der Waals surface area contributed by atoms with E-state index in [9.17, 15) is 0 Å². The first-order valence-corrected chi connectivity index (χ1v) is 10.4.